The number of hydrogen-bond acceptors (Lipinski definition) is 2. The van der Waals surface area contributed by atoms with Crippen molar-refractivity contribution >= 4 is 11.6 Å². The van der Waals surface area contributed by atoms with Crippen molar-refractivity contribution in [1.29, 1.82) is 0 Å². The topological polar surface area (TPSA) is 29.5 Å². The van der Waals surface area contributed by atoms with Crippen molar-refractivity contribution in [1.82, 2.24) is 0 Å². The Morgan fingerprint density at radius 2 is 1.85 bits per heavy atom. The smallest absolute Gasteiger partial charge is 0.258 e. The molecule has 1 amide bonds. The van der Waals surface area contributed by atoms with E-state index in [9.17, 15) is 13.6 Å². The molecule has 1 saturated heterocycles. The van der Waals surface area contributed by atoms with Gasteiger partial charge in [0.05, 0.1) is 12.3 Å². The van der Waals surface area contributed by atoms with Crippen LogP contribution >= 0.6 is 0 Å². The van der Waals surface area contributed by atoms with Gasteiger partial charge in [-0.3, -0.25) is 4.79 Å². The number of rotatable bonds is 2. The summed E-state index contributed by atoms with van der Waals surface area (Å²) in [6, 6.07) is 9.93. The maximum atomic E-state index is 13.7. The van der Waals surface area contributed by atoms with Gasteiger partial charge in [-0.1, -0.05) is 12.1 Å². The molecule has 1 fully saturated rings. The number of benzene rings is 2. The van der Waals surface area contributed by atoms with Crippen molar-refractivity contribution in [2.24, 2.45) is 0 Å². The van der Waals surface area contributed by atoms with E-state index in [1.807, 2.05) is 24.3 Å². The molecule has 0 aliphatic carbocycles. The fourth-order valence-corrected chi connectivity index (χ4v) is 3.85. The van der Waals surface area contributed by atoms with Crippen molar-refractivity contribution in [2.75, 3.05) is 24.7 Å². The molecule has 0 spiro atoms. The predicted molar refractivity (Wildman–Crippen MR) is 95.6 cm³/mol. The Hall–Kier alpha value is -2.27. The van der Waals surface area contributed by atoms with Crippen molar-refractivity contribution < 1.29 is 18.3 Å². The zero-order valence-electron chi connectivity index (χ0n) is 14.5. The first kappa shape index (κ1) is 17.2. The van der Waals surface area contributed by atoms with E-state index in [1.54, 1.807) is 4.90 Å². The molecule has 2 heterocycles. The molecule has 4 rings (SSSR count). The molecule has 2 aromatic rings. The van der Waals surface area contributed by atoms with Gasteiger partial charge in [0, 0.05) is 30.7 Å². The normalized spacial score (nSPS) is 19.9. The van der Waals surface area contributed by atoms with E-state index in [0.717, 1.165) is 38.5 Å². The van der Waals surface area contributed by atoms with Gasteiger partial charge in [-0.05, 0) is 55.0 Å². The zero-order valence-corrected chi connectivity index (χ0v) is 14.5. The Morgan fingerprint density at radius 3 is 2.58 bits per heavy atom. The summed E-state index contributed by atoms with van der Waals surface area (Å²) in [4.78, 5) is 14.5. The number of halogens is 2. The van der Waals surface area contributed by atoms with Gasteiger partial charge >= 0.3 is 0 Å². The standard InChI is InChI=1S/C21H21F2NO2/c22-18-11-16-3-1-9-24(20(16)12-19(18)23)21(25)15-7-5-14(6-8-15)17-4-2-10-26-13-17/h5-8,11-12,17H,1-4,9-10,13H2. The van der Waals surface area contributed by atoms with Gasteiger partial charge in [-0.25, -0.2) is 8.78 Å². The molecule has 0 radical (unpaired) electrons. The van der Waals surface area contributed by atoms with Gasteiger partial charge in [0.1, 0.15) is 0 Å². The fraction of sp³-hybridized carbons (Fsp3) is 0.381. The lowest BCUT2D eigenvalue weighted by atomic mass is 9.92. The maximum absolute atomic E-state index is 13.7. The Bertz CT molecular complexity index is 814. The van der Waals surface area contributed by atoms with Crippen LogP contribution in [0.15, 0.2) is 36.4 Å². The molecule has 26 heavy (non-hydrogen) atoms. The number of carbonyl (C=O) groups excluding carboxylic acids is 1. The highest BCUT2D eigenvalue weighted by Gasteiger charge is 2.26. The predicted octanol–water partition coefficient (Wildman–Crippen LogP) is 4.45. The molecule has 0 bridgehead atoms. The molecule has 136 valence electrons. The molecule has 0 saturated carbocycles. The minimum Gasteiger partial charge on any atom is -0.381 e. The van der Waals surface area contributed by atoms with Crippen LogP contribution in [0.4, 0.5) is 14.5 Å². The minimum atomic E-state index is -0.920. The average Bonchev–Trinajstić information content (AvgIpc) is 2.69. The summed E-state index contributed by atoms with van der Waals surface area (Å²) in [5, 5.41) is 0. The van der Waals surface area contributed by atoms with E-state index in [4.69, 9.17) is 4.74 Å². The first-order valence-electron chi connectivity index (χ1n) is 9.11. The maximum Gasteiger partial charge on any atom is 0.258 e. The van der Waals surface area contributed by atoms with Crippen molar-refractivity contribution in [3.05, 3.63) is 64.7 Å². The molecule has 5 heteroatoms. The molecule has 3 nitrogen and oxygen atoms in total. The average molecular weight is 357 g/mol. The molecule has 2 aromatic carbocycles. The summed E-state index contributed by atoms with van der Waals surface area (Å²) < 4.78 is 32.7. The third-order valence-corrected chi connectivity index (χ3v) is 5.27. The van der Waals surface area contributed by atoms with Gasteiger partial charge in [0.25, 0.3) is 5.91 Å². The van der Waals surface area contributed by atoms with Crippen LogP contribution in [0.2, 0.25) is 0 Å². The number of hydrogen-bond donors (Lipinski definition) is 0. The number of nitrogens with zero attached hydrogens (tertiary/aromatic N) is 1. The second-order valence-corrected chi connectivity index (χ2v) is 6.99. The largest absolute Gasteiger partial charge is 0.381 e. The summed E-state index contributed by atoms with van der Waals surface area (Å²) in [7, 11) is 0. The van der Waals surface area contributed by atoms with Crippen LogP contribution in [0.1, 0.15) is 46.7 Å². The van der Waals surface area contributed by atoms with E-state index in [-0.39, 0.29) is 5.91 Å². The minimum absolute atomic E-state index is 0.177. The van der Waals surface area contributed by atoms with Crippen LogP contribution < -0.4 is 4.90 Å². The Kier molecular flexibility index (Phi) is 4.72. The van der Waals surface area contributed by atoms with Crippen molar-refractivity contribution in [2.45, 2.75) is 31.6 Å². The number of anilines is 1. The highest BCUT2D eigenvalue weighted by atomic mass is 19.2. The van der Waals surface area contributed by atoms with Crippen LogP contribution in [0.3, 0.4) is 0 Å². The van der Waals surface area contributed by atoms with Crippen LogP contribution in [0, 0.1) is 11.6 Å². The second-order valence-electron chi connectivity index (χ2n) is 6.99. The highest BCUT2D eigenvalue weighted by molar-refractivity contribution is 6.06. The number of ether oxygens (including phenoxy) is 1. The van der Waals surface area contributed by atoms with Crippen molar-refractivity contribution in [3.8, 4) is 0 Å². The number of carbonyl (C=O) groups is 1. The Balaban J connectivity index is 1.58. The number of amides is 1. The van der Waals surface area contributed by atoms with Gasteiger partial charge < -0.3 is 9.64 Å². The van der Waals surface area contributed by atoms with Crippen LogP contribution in [0.5, 0.6) is 0 Å². The van der Waals surface area contributed by atoms with Gasteiger partial charge in [0.15, 0.2) is 11.6 Å². The molecule has 0 N–H and O–H groups in total. The van der Waals surface area contributed by atoms with Crippen LogP contribution in [-0.4, -0.2) is 25.7 Å². The second kappa shape index (κ2) is 7.16. The van der Waals surface area contributed by atoms with Gasteiger partial charge in [-0.2, -0.15) is 0 Å². The Labute approximate surface area is 151 Å². The first-order valence-corrected chi connectivity index (χ1v) is 9.11. The van der Waals surface area contributed by atoms with E-state index in [1.165, 1.54) is 11.6 Å². The van der Waals surface area contributed by atoms with E-state index >= 15 is 0 Å². The summed E-state index contributed by atoms with van der Waals surface area (Å²) in [5.41, 5.74) is 2.89. The molecular formula is C21H21F2NO2. The third-order valence-electron chi connectivity index (χ3n) is 5.27. The third kappa shape index (κ3) is 3.23. The fourth-order valence-electron chi connectivity index (χ4n) is 3.85. The van der Waals surface area contributed by atoms with Crippen LogP contribution in [0.25, 0.3) is 0 Å². The van der Waals surface area contributed by atoms with Gasteiger partial charge in [0.2, 0.25) is 0 Å². The lowest BCUT2D eigenvalue weighted by Crippen LogP contribution is -2.35. The summed E-state index contributed by atoms with van der Waals surface area (Å²) >= 11 is 0. The summed E-state index contributed by atoms with van der Waals surface area (Å²) in [6.45, 7) is 2.05. The molecule has 0 aromatic heterocycles. The van der Waals surface area contributed by atoms with Crippen LogP contribution in [-0.2, 0) is 11.2 Å². The van der Waals surface area contributed by atoms with E-state index in [2.05, 4.69) is 0 Å². The quantitative estimate of drug-likeness (QED) is 0.795. The summed E-state index contributed by atoms with van der Waals surface area (Å²) in [6.07, 6.45) is 3.54. The number of aryl methyl sites for hydroxylation is 1. The Morgan fingerprint density at radius 1 is 1.08 bits per heavy atom. The lowest BCUT2D eigenvalue weighted by Gasteiger charge is -2.30. The summed E-state index contributed by atoms with van der Waals surface area (Å²) in [5.74, 6) is -1.59. The van der Waals surface area contributed by atoms with Crippen molar-refractivity contribution in [3.63, 3.8) is 0 Å². The zero-order chi connectivity index (χ0) is 18.1. The molecule has 2 aliphatic heterocycles. The molecule has 1 atom stereocenters. The molecular weight excluding hydrogens is 336 g/mol. The molecule has 1 unspecified atom stereocenters. The van der Waals surface area contributed by atoms with E-state index in [0.29, 0.717) is 35.7 Å². The SMILES string of the molecule is O=C(c1ccc(C2CCCOC2)cc1)N1CCCc2cc(F)c(F)cc21. The highest BCUT2D eigenvalue weighted by Crippen LogP contribution is 2.31. The molecule has 2 aliphatic rings. The monoisotopic (exact) mass is 357 g/mol. The first-order chi connectivity index (χ1) is 12.6. The van der Waals surface area contributed by atoms with E-state index < -0.39 is 11.6 Å². The lowest BCUT2D eigenvalue weighted by molar-refractivity contribution is 0.0804. The van der Waals surface area contributed by atoms with Gasteiger partial charge in [-0.15, -0.1) is 0 Å². The number of fused-ring (bicyclic) bond motifs is 1.